The molecule has 32 heavy (non-hydrogen) atoms. The van der Waals surface area contributed by atoms with Gasteiger partial charge in [0, 0.05) is 30.4 Å². The fourth-order valence-electron chi connectivity index (χ4n) is 5.84. The number of nitrogens with zero attached hydrogens (tertiary/aromatic N) is 3. The Hall–Kier alpha value is -4.05. The molecule has 0 unspecified atom stereocenters. The Balaban J connectivity index is 1.67. The number of aromatic nitrogens is 3. The Kier molecular flexibility index (Phi) is 3.56. The highest BCUT2D eigenvalue weighted by atomic mass is 14.8. The zero-order valence-electron chi connectivity index (χ0n) is 17.3. The fourth-order valence-corrected chi connectivity index (χ4v) is 5.84. The summed E-state index contributed by atoms with van der Waals surface area (Å²) >= 11 is 0. The van der Waals surface area contributed by atoms with Gasteiger partial charge in [-0.1, -0.05) is 72.2 Å². The maximum Gasteiger partial charge on any atom is 0.246 e. The molecule has 0 saturated carbocycles. The smallest absolute Gasteiger partial charge is 0.246 e. The van der Waals surface area contributed by atoms with Crippen molar-refractivity contribution in [2.45, 2.75) is 5.41 Å². The van der Waals surface area contributed by atoms with Crippen LogP contribution >= 0.6 is 0 Å². The lowest BCUT2D eigenvalue weighted by Gasteiger charge is -2.40. The van der Waals surface area contributed by atoms with Crippen LogP contribution in [0, 0.1) is 0 Å². The molecule has 1 spiro atoms. The molecule has 3 aromatic heterocycles. The number of benzene rings is 2. The Morgan fingerprint density at radius 3 is 1.97 bits per heavy atom. The number of fused-ring (bicyclic) bond motifs is 9. The van der Waals surface area contributed by atoms with Crippen molar-refractivity contribution in [3.63, 3.8) is 0 Å². The van der Waals surface area contributed by atoms with E-state index in [4.69, 9.17) is 9.97 Å². The van der Waals surface area contributed by atoms with Crippen molar-refractivity contribution in [1.29, 1.82) is 0 Å². The molecular formula is C28H18BN3. The second kappa shape index (κ2) is 6.48. The van der Waals surface area contributed by atoms with Crippen molar-refractivity contribution in [2.24, 2.45) is 0 Å². The van der Waals surface area contributed by atoms with E-state index < -0.39 is 5.41 Å². The van der Waals surface area contributed by atoms with Crippen LogP contribution in [-0.2, 0) is 5.41 Å². The minimum absolute atomic E-state index is 0.0853. The first-order valence-corrected chi connectivity index (χ1v) is 10.9. The third-order valence-corrected chi connectivity index (χ3v) is 6.99. The predicted molar refractivity (Wildman–Crippen MR) is 128 cm³/mol. The van der Waals surface area contributed by atoms with Crippen molar-refractivity contribution < 1.29 is 0 Å². The van der Waals surface area contributed by atoms with Crippen molar-refractivity contribution in [1.82, 2.24) is 15.0 Å². The molecule has 0 radical (unpaired) electrons. The zero-order chi connectivity index (χ0) is 21.1. The Morgan fingerprint density at radius 2 is 1.22 bits per heavy atom. The summed E-state index contributed by atoms with van der Waals surface area (Å²) in [6.45, 7) is 0.0853. The third-order valence-electron chi connectivity index (χ3n) is 6.99. The molecule has 0 saturated heterocycles. The average molecular weight is 407 g/mol. The van der Waals surface area contributed by atoms with Gasteiger partial charge in [0.25, 0.3) is 0 Å². The Morgan fingerprint density at radius 1 is 0.562 bits per heavy atom. The highest BCUT2D eigenvalue weighted by molar-refractivity contribution is 6.96. The molecule has 1 aliphatic heterocycles. The van der Waals surface area contributed by atoms with Gasteiger partial charge in [0.05, 0.1) is 11.4 Å². The number of hydrogen-bond acceptors (Lipinski definition) is 3. The Bertz CT molecular complexity index is 1400. The number of rotatable bonds is 1. The van der Waals surface area contributed by atoms with E-state index in [1.54, 1.807) is 0 Å². The van der Waals surface area contributed by atoms with Gasteiger partial charge in [0.2, 0.25) is 6.71 Å². The normalized spacial score (nSPS) is 14.4. The van der Waals surface area contributed by atoms with Crippen LogP contribution in [0.5, 0.6) is 0 Å². The standard InChI is InChI=1S/C28H18BN3/c1-2-8-19(9-3-1)29-24-12-6-15-31-26(24)28(27-25(29)13-7-16-32-27)22-11-5-4-10-20(22)21-14-17-30-18-23(21)28/h1-18H. The molecular weight excluding hydrogens is 389 g/mol. The summed E-state index contributed by atoms with van der Waals surface area (Å²) in [6, 6.07) is 30.0. The van der Waals surface area contributed by atoms with E-state index in [1.807, 2.05) is 24.8 Å². The van der Waals surface area contributed by atoms with E-state index in [-0.39, 0.29) is 6.71 Å². The molecule has 1 aliphatic carbocycles. The van der Waals surface area contributed by atoms with Crippen LogP contribution in [0.3, 0.4) is 0 Å². The predicted octanol–water partition coefficient (Wildman–Crippen LogP) is 3.06. The zero-order valence-corrected chi connectivity index (χ0v) is 17.3. The lowest BCUT2D eigenvalue weighted by atomic mass is 9.32. The van der Waals surface area contributed by atoms with Crippen molar-refractivity contribution in [3.8, 4) is 11.1 Å². The van der Waals surface area contributed by atoms with Crippen molar-refractivity contribution >= 4 is 23.1 Å². The summed E-state index contributed by atoms with van der Waals surface area (Å²) in [7, 11) is 0. The van der Waals surface area contributed by atoms with Gasteiger partial charge in [0.1, 0.15) is 5.41 Å². The summed E-state index contributed by atoms with van der Waals surface area (Å²) in [4.78, 5) is 14.7. The number of pyridine rings is 3. The number of hydrogen-bond donors (Lipinski definition) is 0. The van der Waals surface area contributed by atoms with Gasteiger partial charge in [-0.3, -0.25) is 15.0 Å². The molecule has 4 heterocycles. The Labute approximate surface area is 186 Å². The monoisotopic (exact) mass is 407 g/mol. The first-order chi connectivity index (χ1) is 15.9. The van der Waals surface area contributed by atoms with E-state index >= 15 is 0 Å². The van der Waals surface area contributed by atoms with Gasteiger partial charge < -0.3 is 0 Å². The first kappa shape index (κ1) is 17.6. The summed E-state index contributed by atoms with van der Waals surface area (Å²) in [5, 5.41) is 0. The molecule has 3 nitrogen and oxygen atoms in total. The van der Waals surface area contributed by atoms with Gasteiger partial charge in [-0.15, -0.1) is 0 Å². The molecule has 148 valence electrons. The summed E-state index contributed by atoms with van der Waals surface area (Å²) in [5.41, 5.74) is 10.1. The van der Waals surface area contributed by atoms with Crippen LogP contribution in [0.1, 0.15) is 22.5 Å². The van der Waals surface area contributed by atoms with E-state index in [0.29, 0.717) is 0 Å². The second-order valence-corrected chi connectivity index (χ2v) is 8.44. The van der Waals surface area contributed by atoms with E-state index in [2.05, 4.69) is 89.9 Å². The van der Waals surface area contributed by atoms with Crippen LogP contribution < -0.4 is 16.4 Å². The SMILES string of the molecule is c1ccc(B2c3cccnc3C3(c4ccccc4-c4ccncc43)c3ncccc32)cc1. The third kappa shape index (κ3) is 2.09. The molecule has 4 heteroatoms. The summed E-state index contributed by atoms with van der Waals surface area (Å²) in [6.07, 6.45) is 7.71. The van der Waals surface area contributed by atoms with Gasteiger partial charge in [-0.2, -0.15) is 0 Å². The van der Waals surface area contributed by atoms with Crippen LogP contribution in [0.4, 0.5) is 0 Å². The summed E-state index contributed by atoms with van der Waals surface area (Å²) in [5.74, 6) is 0. The van der Waals surface area contributed by atoms with Crippen molar-refractivity contribution in [2.75, 3.05) is 0 Å². The fraction of sp³-hybridized carbons (Fsp3) is 0.0357. The van der Waals surface area contributed by atoms with Gasteiger partial charge in [-0.25, -0.2) is 0 Å². The maximum atomic E-state index is 5.06. The second-order valence-electron chi connectivity index (χ2n) is 8.44. The molecule has 0 atom stereocenters. The van der Waals surface area contributed by atoms with Crippen LogP contribution in [-0.4, -0.2) is 21.7 Å². The van der Waals surface area contributed by atoms with Crippen LogP contribution in [0.15, 0.2) is 110 Å². The molecule has 5 aromatic rings. The average Bonchev–Trinajstić information content (AvgIpc) is 3.16. The van der Waals surface area contributed by atoms with Crippen LogP contribution in [0.25, 0.3) is 11.1 Å². The molecule has 7 rings (SSSR count). The molecule has 0 amide bonds. The molecule has 0 fully saturated rings. The maximum absolute atomic E-state index is 5.06. The van der Waals surface area contributed by atoms with E-state index in [1.165, 1.54) is 33.1 Å². The topological polar surface area (TPSA) is 38.7 Å². The summed E-state index contributed by atoms with van der Waals surface area (Å²) < 4.78 is 0. The van der Waals surface area contributed by atoms with Gasteiger partial charge in [-0.05, 0) is 45.8 Å². The molecule has 0 bridgehead atoms. The van der Waals surface area contributed by atoms with E-state index in [0.717, 1.165) is 17.0 Å². The lowest BCUT2D eigenvalue weighted by Crippen LogP contribution is -2.62. The lowest BCUT2D eigenvalue weighted by molar-refractivity contribution is 0.709. The minimum Gasteiger partial charge on any atom is -0.264 e. The van der Waals surface area contributed by atoms with Gasteiger partial charge in [0.15, 0.2) is 0 Å². The highest BCUT2D eigenvalue weighted by Crippen LogP contribution is 2.54. The quantitative estimate of drug-likeness (QED) is 0.393. The largest absolute Gasteiger partial charge is 0.264 e. The highest BCUT2D eigenvalue weighted by Gasteiger charge is 2.54. The minimum atomic E-state index is -0.571. The molecule has 2 aliphatic rings. The first-order valence-electron chi connectivity index (χ1n) is 10.9. The molecule has 0 N–H and O–H groups in total. The van der Waals surface area contributed by atoms with E-state index in [9.17, 15) is 0 Å². The van der Waals surface area contributed by atoms with Gasteiger partial charge >= 0.3 is 0 Å². The van der Waals surface area contributed by atoms with Crippen molar-refractivity contribution in [3.05, 3.63) is 132 Å². The van der Waals surface area contributed by atoms with Crippen LogP contribution in [0.2, 0.25) is 0 Å². The molecule has 2 aromatic carbocycles.